The fourth-order valence-corrected chi connectivity index (χ4v) is 1.78. The molecule has 1 heteroatoms. The number of hydrogen-bond donors (Lipinski definition) is 1. The normalized spacial score (nSPS) is 23.7. The molecular formula is C11H21N. The first-order valence-electron chi connectivity index (χ1n) is 5.13. The summed E-state index contributed by atoms with van der Waals surface area (Å²) in [7, 11) is 0. The number of piperidine rings is 1. The smallest absolute Gasteiger partial charge is 0.00204 e. The SMILES string of the molecule is CC(C)=CCCC1CCCNC1. The van der Waals surface area contributed by atoms with Crippen molar-refractivity contribution in [1.82, 2.24) is 5.32 Å². The Morgan fingerprint density at radius 2 is 2.33 bits per heavy atom. The fourth-order valence-electron chi connectivity index (χ4n) is 1.78. The Morgan fingerprint density at radius 1 is 1.50 bits per heavy atom. The summed E-state index contributed by atoms with van der Waals surface area (Å²) in [6.07, 6.45) is 7.81. The quantitative estimate of drug-likeness (QED) is 0.637. The average Bonchev–Trinajstić information content (AvgIpc) is 2.05. The monoisotopic (exact) mass is 167 g/mol. The Bertz CT molecular complexity index is 139. The predicted molar refractivity (Wildman–Crippen MR) is 54.3 cm³/mol. The van der Waals surface area contributed by atoms with Crippen molar-refractivity contribution >= 4 is 0 Å². The predicted octanol–water partition coefficient (Wildman–Crippen LogP) is 2.73. The van der Waals surface area contributed by atoms with E-state index in [2.05, 4.69) is 25.2 Å². The fraction of sp³-hybridized carbons (Fsp3) is 0.818. The molecule has 1 rings (SSSR count). The van der Waals surface area contributed by atoms with Crippen LogP contribution < -0.4 is 5.32 Å². The lowest BCUT2D eigenvalue weighted by Gasteiger charge is -2.21. The Labute approximate surface area is 76.2 Å². The van der Waals surface area contributed by atoms with Gasteiger partial charge >= 0.3 is 0 Å². The molecule has 1 heterocycles. The highest BCUT2D eigenvalue weighted by Gasteiger charge is 2.10. The summed E-state index contributed by atoms with van der Waals surface area (Å²) < 4.78 is 0. The zero-order valence-corrected chi connectivity index (χ0v) is 8.40. The minimum atomic E-state index is 0.939. The molecule has 1 saturated heterocycles. The van der Waals surface area contributed by atoms with Crippen LogP contribution >= 0.6 is 0 Å². The van der Waals surface area contributed by atoms with E-state index in [1.807, 2.05) is 0 Å². The second-order valence-corrected chi connectivity index (χ2v) is 4.07. The summed E-state index contributed by atoms with van der Waals surface area (Å²) in [6, 6.07) is 0. The molecule has 1 N–H and O–H groups in total. The van der Waals surface area contributed by atoms with Crippen molar-refractivity contribution in [1.29, 1.82) is 0 Å². The Hall–Kier alpha value is -0.300. The molecule has 1 fully saturated rings. The molecule has 0 amide bonds. The second-order valence-electron chi connectivity index (χ2n) is 4.07. The molecular weight excluding hydrogens is 146 g/mol. The summed E-state index contributed by atoms with van der Waals surface area (Å²) in [5.74, 6) is 0.939. The number of hydrogen-bond acceptors (Lipinski definition) is 1. The standard InChI is InChI=1S/C11H21N/c1-10(2)5-3-6-11-7-4-8-12-9-11/h5,11-12H,3-4,6-9H2,1-2H3. The van der Waals surface area contributed by atoms with Crippen LogP contribution in [-0.2, 0) is 0 Å². The van der Waals surface area contributed by atoms with E-state index in [1.165, 1.54) is 44.3 Å². The maximum Gasteiger partial charge on any atom is -0.00204 e. The molecule has 1 aliphatic rings. The summed E-state index contributed by atoms with van der Waals surface area (Å²) in [5, 5.41) is 3.45. The molecule has 1 atom stereocenters. The van der Waals surface area contributed by atoms with Gasteiger partial charge in [-0.2, -0.15) is 0 Å². The number of nitrogens with one attached hydrogen (secondary N) is 1. The van der Waals surface area contributed by atoms with Crippen molar-refractivity contribution in [3.05, 3.63) is 11.6 Å². The van der Waals surface area contributed by atoms with Gasteiger partial charge in [0.2, 0.25) is 0 Å². The van der Waals surface area contributed by atoms with Crippen molar-refractivity contribution < 1.29 is 0 Å². The molecule has 0 aliphatic carbocycles. The van der Waals surface area contributed by atoms with E-state index >= 15 is 0 Å². The van der Waals surface area contributed by atoms with Crippen molar-refractivity contribution in [2.24, 2.45) is 5.92 Å². The summed E-state index contributed by atoms with van der Waals surface area (Å²) in [4.78, 5) is 0. The van der Waals surface area contributed by atoms with E-state index in [1.54, 1.807) is 0 Å². The molecule has 0 radical (unpaired) electrons. The first kappa shape index (κ1) is 9.79. The Balaban J connectivity index is 2.09. The van der Waals surface area contributed by atoms with Crippen molar-refractivity contribution in [2.45, 2.75) is 39.5 Å². The lowest BCUT2D eigenvalue weighted by atomic mass is 9.94. The summed E-state index contributed by atoms with van der Waals surface area (Å²) >= 11 is 0. The number of rotatable bonds is 3. The number of allylic oxidation sites excluding steroid dienone is 2. The Kier molecular flexibility index (Phi) is 4.37. The first-order chi connectivity index (χ1) is 5.79. The van der Waals surface area contributed by atoms with Gasteiger partial charge in [0, 0.05) is 0 Å². The summed E-state index contributed by atoms with van der Waals surface area (Å²) in [5.41, 5.74) is 1.46. The van der Waals surface area contributed by atoms with E-state index in [-0.39, 0.29) is 0 Å². The molecule has 0 spiro atoms. The highest BCUT2D eigenvalue weighted by Crippen LogP contribution is 2.16. The second kappa shape index (κ2) is 5.36. The molecule has 0 bridgehead atoms. The van der Waals surface area contributed by atoms with E-state index in [0.717, 1.165) is 5.92 Å². The van der Waals surface area contributed by atoms with Crippen LogP contribution in [0.3, 0.4) is 0 Å². The van der Waals surface area contributed by atoms with Crippen LogP contribution in [0.25, 0.3) is 0 Å². The average molecular weight is 167 g/mol. The van der Waals surface area contributed by atoms with Crippen molar-refractivity contribution in [3.8, 4) is 0 Å². The molecule has 0 aromatic rings. The molecule has 0 saturated carbocycles. The van der Waals surface area contributed by atoms with Gasteiger partial charge in [-0.15, -0.1) is 0 Å². The van der Waals surface area contributed by atoms with E-state index < -0.39 is 0 Å². The van der Waals surface area contributed by atoms with Gasteiger partial charge < -0.3 is 5.32 Å². The van der Waals surface area contributed by atoms with Crippen LogP contribution in [-0.4, -0.2) is 13.1 Å². The van der Waals surface area contributed by atoms with Gasteiger partial charge in [-0.05, 0) is 58.5 Å². The highest BCUT2D eigenvalue weighted by molar-refractivity contribution is 4.93. The van der Waals surface area contributed by atoms with E-state index in [0.29, 0.717) is 0 Å². The van der Waals surface area contributed by atoms with E-state index in [4.69, 9.17) is 0 Å². The molecule has 70 valence electrons. The van der Waals surface area contributed by atoms with Crippen LogP contribution in [0.2, 0.25) is 0 Å². The largest absolute Gasteiger partial charge is 0.316 e. The van der Waals surface area contributed by atoms with Gasteiger partial charge in [-0.1, -0.05) is 11.6 Å². The lowest BCUT2D eigenvalue weighted by molar-refractivity contribution is 0.360. The van der Waals surface area contributed by atoms with Crippen LogP contribution in [0.5, 0.6) is 0 Å². The van der Waals surface area contributed by atoms with Crippen LogP contribution in [0.1, 0.15) is 39.5 Å². The molecule has 0 aromatic heterocycles. The maximum atomic E-state index is 3.45. The third-order valence-corrected chi connectivity index (χ3v) is 2.53. The van der Waals surface area contributed by atoms with E-state index in [9.17, 15) is 0 Å². The topological polar surface area (TPSA) is 12.0 Å². The zero-order chi connectivity index (χ0) is 8.81. The first-order valence-corrected chi connectivity index (χ1v) is 5.13. The van der Waals surface area contributed by atoms with Crippen molar-refractivity contribution in [2.75, 3.05) is 13.1 Å². The third-order valence-electron chi connectivity index (χ3n) is 2.53. The summed E-state index contributed by atoms with van der Waals surface area (Å²) in [6.45, 7) is 6.84. The molecule has 12 heavy (non-hydrogen) atoms. The van der Waals surface area contributed by atoms with Crippen LogP contribution in [0.4, 0.5) is 0 Å². The zero-order valence-electron chi connectivity index (χ0n) is 8.40. The Morgan fingerprint density at radius 3 is 2.92 bits per heavy atom. The lowest BCUT2D eigenvalue weighted by Crippen LogP contribution is -2.29. The molecule has 1 nitrogen and oxygen atoms in total. The van der Waals surface area contributed by atoms with Gasteiger partial charge in [0.25, 0.3) is 0 Å². The maximum absolute atomic E-state index is 3.45. The van der Waals surface area contributed by atoms with Gasteiger partial charge in [0.1, 0.15) is 0 Å². The molecule has 0 aromatic carbocycles. The van der Waals surface area contributed by atoms with Crippen LogP contribution in [0, 0.1) is 5.92 Å². The van der Waals surface area contributed by atoms with Gasteiger partial charge in [0.15, 0.2) is 0 Å². The van der Waals surface area contributed by atoms with Crippen molar-refractivity contribution in [3.63, 3.8) is 0 Å². The van der Waals surface area contributed by atoms with Gasteiger partial charge in [-0.25, -0.2) is 0 Å². The highest BCUT2D eigenvalue weighted by atomic mass is 14.9. The minimum absolute atomic E-state index is 0.939. The third kappa shape index (κ3) is 3.91. The minimum Gasteiger partial charge on any atom is -0.316 e. The van der Waals surface area contributed by atoms with Crippen LogP contribution in [0.15, 0.2) is 11.6 Å². The van der Waals surface area contributed by atoms with Gasteiger partial charge in [-0.3, -0.25) is 0 Å². The molecule has 1 aliphatic heterocycles. The van der Waals surface area contributed by atoms with Gasteiger partial charge in [0.05, 0.1) is 0 Å². The molecule has 1 unspecified atom stereocenters.